The fourth-order valence-corrected chi connectivity index (χ4v) is 8.54. The minimum atomic E-state index is -0.804. The zero-order valence-electron chi connectivity index (χ0n) is 43.8. The minimum Gasteiger partial charge on any atom is -0.462 e. The number of carbonyl (C=O) groups excluding carboxylic acids is 2. The van der Waals surface area contributed by atoms with Crippen molar-refractivity contribution in [1.29, 1.82) is 0 Å². The van der Waals surface area contributed by atoms with Crippen molar-refractivity contribution in [2.75, 3.05) is 6.61 Å². The Morgan fingerprint density at radius 3 is 1.18 bits per heavy atom. The molecule has 384 valence electrons. The molecule has 0 saturated carbocycles. The monoisotopic (exact) mass is 924 g/mol. The molecule has 0 aliphatic heterocycles. The maximum absolute atomic E-state index is 13.3. The van der Waals surface area contributed by atoms with Crippen molar-refractivity contribution in [2.45, 2.75) is 302 Å². The second kappa shape index (κ2) is 53.5. The number of allylic oxidation sites excluding steroid dienone is 10. The molecule has 1 amide bonds. The highest BCUT2D eigenvalue weighted by atomic mass is 16.5. The van der Waals surface area contributed by atoms with E-state index in [4.69, 9.17) is 4.74 Å². The van der Waals surface area contributed by atoms with Crippen LogP contribution in [-0.4, -0.2) is 46.9 Å². The maximum Gasteiger partial charge on any atom is 0.306 e. The van der Waals surface area contributed by atoms with Crippen LogP contribution in [0.2, 0.25) is 0 Å². The Bertz CT molecular complexity index is 1170. The molecule has 3 atom stereocenters. The molecule has 0 rings (SSSR count). The highest BCUT2D eigenvalue weighted by Gasteiger charge is 2.24. The minimum absolute atomic E-state index is 0.0438. The first-order valence-corrected chi connectivity index (χ1v) is 28.6. The van der Waals surface area contributed by atoms with Gasteiger partial charge in [0, 0.05) is 6.42 Å². The van der Waals surface area contributed by atoms with Gasteiger partial charge in [-0.1, -0.05) is 255 Å². The number of hydrogen-bond donors (Lipinski definition) is 3. The molecule has 0 fully saturated rings. The van der Waals surface area contributed by atoms with Gasteiger partial charge < -0.3 is 20.3 Å². The van der Waals surface area contributed by atoms with E-state index >= 15 is 0 Å². The molecule has 0 aromatic heterocycles. The number of aliphatic hydroxyl groups is 2. The van der Waals surface area contributed by atoms with Crippen molar-refractivity contribution < 1.29 is 24.5 Å². The summed E-state index contributed by atoms with van der Waals surface area (Å²) in [7, 11) is 0. The number of nitrogens with one attached hydrogen (secondary N) is 1. The summed E-state index contributed by atoms with van der Waals surface area (Å²) in [6.07, 6.45) is 67.1. The van der Waals surface area contributed by atoms with E-state index in [1.165, 1.54) is 154 Å². The van der Waals surface area contributed by atoms with E-state index in [0.29, 0.717) is 19.3 Å². The van der Waals surface area contributed by atoms with E-state index in [9.17, 15) is 19.8 Å². The number of unbranched alkanes of at least 4 members (excludes halogenated alkanes) is 32. The van der Waals surface area contributed by atoms with Crippen LogP contribution in [0.5, 0.6) is 0 Å². The van der Waals surface area contributed by atoms with Crippen LogP contribution in [0.1, 0.15) is 284 Å². The van der Waals surface area contributed by atoms with E-state index in [1.807, 2.05) is 0 Å². The molecule has 0 aliphatic carbocycles. The molecule has 0 bridgehead atoms. The average Bonchev–Trinajstić information content (AvgIpc) is 3.31. The Morgan fingerprint density at radius 2 is 0.773 bits per heavy atom. The van der Waals surface area contributed by atoms with Crippen LogP contribution in [0.15, 0.2) is 60.8 Å². The lowest BCUT2D eigenvalue weighted by molar-refractivity contribution is -0.151. The van der Waals surface area contributed by atoms with Gasteiger partial charge in [-0.2, -0.15) is 0 Å². The fourth-order valence-electron chi connectivity index (χ4n) is 8.54. The molecule has 0 heterocycles. The lowest BCUT2D eigenvalue weighted by Crippen LogP contribution is -2.46. The van der Waals surface area contributed by atoms with Crippen molar-refractivity contribution in [2.24, 2.45) is 0 Å². The third-order valence-corrected chi connectivity index (χ3v) is 12.9. The number of aliphatic hydroxyl groups excluding tert-OH is 2. The first-order chi connectivity index (χ1) is 32.5. The summed E-state index contributed by atoms with van der Waals surface area (Å²) >= 11 is 0. The summed E-state index contributed by atoms with van der Waals surface area (Å²) < 4.78 is 5.93. The lowest BCUT2D eigenvalue weighted by atomic mass is 10.0. The molecule has 3 N–H and O–H groups in total. The quantitative estimate of drug-likeness (QED) is 0.0321. The Balaban J connectivity index is 4.67. The van der Waals surface area contributed by atoms with Gasteiger partial charge in [0.15, 0.2) is 0 Å². The van der Waals surface area contributed by atoms with Crippen LogP contribution in [0.4, 0.5) is 0 Å². The predicted molar refractivity (Wildman–Crippen MR) is 287 cm³/mol. The third-order valence-electron chi connectivity index (χ3n) is 12.9. The Morgan fingerprint density at radius 1 is 0.439 bits per heavy atom. The van der Waals surface area contributed by atoms with E-state index in [-0.39, 0.29) is 24.9 Å². The van der Waals surface area contributed by atoms with Crippen molar-refractivity contribution in [1.82, 2.24) is 5.32 Å². The summed E-state index contributed by atoms with van der Waals surface area (Å²) in [6, 6.07) is -0.720. The average molecular weight is 925 g/mol. The molecule has 66 heavy (non-hydrogen) atoms. The largest absolute Gasteiger partial charge is 0.462 e. The van der Waals surface area contributed by atoms with Crippen LogP contribution in [0.3, 0.4) is 0 Å². The summed E-state index contributed by atoms with van der Waals surface area (Å²) in [6.45, 7) is 6.47. The molecule has 6 heteroatoms. The van der Waals surface area contributed by atoms with Gasteiger partial charge in [0.2, 0.25) is 5.91 Å². The first kappa shape index (κ1) is 63.6. The number of amides is 1. The van der Waals surface area contributed by atoms with Crippen LogP contribution in [-0.2, 0) is 14.3 Å². The van der Waals surface area contributed by atoms with Gasteiger partial charge in [-0.25, -0.2) is 0 Å². The molecule has 0 aromatic carbocycles. The Labute approximate surface area is 409 Å². The number of carbonyl (C=O) groups is 2. The number of ether oxygens (including phenoxy) is 1. The van der Waals surface area contributed by atoms with Gasteiger partial charge in [0.25, 0.3) is 0 Å². The zero-order chi connectivity index (χ0) is 48.1. The molecule has 0 spiro atoms. The van der Waals surface area contributed by atoms with Crippen LogP contribution < -0.4 is 5.32 Å². The van der Waals surface area contributed by atoms with Crippen molar-refractivity contribution >= 4 is 11.9 Å². The SMILES string of the molecule is CCCCCCC/C=C/C=C/C=C/CCCCCC(CC(=O)NC(CO)C(O)CCCCCCCCCCCCCCCCC)OC(=O)CCCCC/C=C/C=C/CCCCCCCCC. The topological polar surface area (TPSA) is 95.9 Å². The summed E-state index contributed by atoms with van der Waals surface area (Å²) in [5.41, 5.74) is 0. The standard InChI is InChI=1S/C60H109NO5/c1-4-7-10-13-16-19-22-25-28-31-33-36-39-42-45-48-51-56(66-60(65)53-50-47-44-41-38-35-32-29-26-23-20-17-14-11-8-5-2)54-59(64)61-57(55-62)58(63)52-49-46-43-40-37-34-30-27-24-21-18-15-12-9-6-3/h22,25,28-29,31-33,35-36,38,56-58,62-63H,4-21,23-24,26-27,30,34,37,39-55H2,1-3H3,(H,61,64)/b25-22+,31-28+,32-29+,36-33+,38-35+. The van der Waals surface area contributed by atoms with Crippen LogP contribution in [0.25, 0.3) is 0 Å². The van der Waals surface area contributed by atoms with E-state index < -0.39 is 18.2 Å². The summed E-state index contributed by atoms with van der Waals surface area (Å²) in [5.74, 6) is -0.533. The van der Waals surface area contributed by atoms with Gasteiger partial charge in [0.05, 0.1) is 25.2 Å². The maximum atomic E-state index is 13.3. The second-order valence-electron chi connectivity index (χ2n) is 19.4. The van der Waals surface area contributed by atoms with E-state index in [1.54, 1.807) is 0 Å². The van der Waals surface area contributed by atoms with Gasteiger partial charge in [-0.15, -0.1) is 0 Å². The molecule has 0 radical (unpaired) electrons. The van der Waals surface area contributed by atoms with Gasteiger partial charge in [0.1, 0.15) is 6.10 Å². The smallest absolute Gasteiger partial charge is 0.306 e. The second-order valence-corrected chi connectivity index (χ2v) is 19.4. The normalized spacial score (nSPS) is 13.6. The van der Waals surface area contributed by atoms with Gasteiger partial charge in [-0.3, -0.25) is 9.59 Å². The fraction of sp³-hybridized carbons (Fsp3) is 0.800. The molecular formula is C60H109NO5. The number of rotatable bonds is 51. The van der Waals surface area contributed by atoms with E-state index in [2.05, 4.69) is 86.8 Å². The highest BCUT2D eigenvalue weighted by molar-refractivity contribution is 5.77. The third kappa shape index (κ3) is 48.0. The summed E-state index contributed by atoms with van der Waals surface area (Å²) in [5, 5.41) is 23.9. The Kier molecular flexibility index (Phi) is 51.5. The molecule has 0 aliphatic rings. The molecule has 0 aromatic rings. The molecular weight excluding hydrogens is 815 g/mol. The van der Waals surface area contributed by atoms with Crippen molar-refractivity contribution in [3.63, 3.8) is 0 Å². The van der Waals surface area contributed by atoms with Crippen LogP contribution >= 0.6 is 0 Å². The molecule has 3 unspecified atom stereocenters. The van der Waals surface area contributed by atoms with Crippen molar-refractivity contribution in [3.8, 4) is 0 Å². The molecule has 6 nitrogen and oxygen atoms in total. The van der Waals surface area contributed by atoms with Gasteiger partial charge >= 0.3 is 5.97 Å². The van der Waals surface area contributed by atoms with Crippen molar-refractivity contribution in [3.05, 3.63) is 60.8 Å². The number of hydrogen-bond acceptors (Lipinski definition) is 5. The molecule has 0 saturated heterocycles. The predicted octanol–water partition coefficient (Wildman–Crippen LogP) is 17.6. The summed E-state index contributed by atoms with van der Waals surface area (Å²) in [4.78, 5) is 26.2. The first-order valence-electron chi connectivity index (χ1n) is 28.6. The zero-order valence-corrected chi connectivity index (χ0v) is 43.8. The van der Waals surface area contributed by atoms with Crippen LogP contribution in [0, 0.1) is 0 Å². The van der Waals surface area contributed by atoms with E-state index in [0.717, 1.165) is 83.5 Å². The van der Waals surface area contributed by atoms with Gasteiger partial charge in [-0.05, 0) is 77.0 Å². The Hall–Kier alpha value is -2.44. The number of esters is 1. The highest BCUT2D eigenvalue weighted by Crippen LogP contribution is 2.18. The lowest BCUT2D eigenvalue weighted by Gasteiger charge is -2.24.